The molecule has 124 valence electrons. The zero-order valence-corrected chi connectivity index (χ0v) is 13.5. The molecule has 1 saturated carbocycles. The van der Waals surface area contributed by atoms with Crippen LogP contribution >= 0.6 is 0 Å². The van der Waals surface area contributed by atoms with Crippen LogP contribution in [0.3, 0.4) is 0 Å². The van der Waals surface area contributed by atoms with E-state index in [1.165, 1.54) is 0 Å². The predicted molar refractivity (Wildman–Crippen MR) is 85.5 cm³/mol. The van der Waals surface area contributed by atoms with E-state index in [0.29, 0.717) is 19.5 Å². The van der Waals surface area contributed by atoms with Crippen LogP contribution in [-0.4, -0.2) is 42.1 Å². The van der Waals surface area contributed by atoms with Crippen molar-refractivity contribution in [2.24, 2.45) is 5.92 Å². The number of ether oxygens (including phenoxy) is 1. The van der Waals surface area contributed by atoms with Gasteiger partial charge in [-0.2, -0.15) is 0 Å². The molecule has 0 bridgehead atoms. The first-order valence-electron chi connectivity index (χ1n) is 8.23. The summed E-state index contributed by atoms with van der Waals surface area (Å²) in [6, 6.07) is 7.75. The van der Waals surface area contributed by atoms with Gasteiger partial charge in [0.25, 0.3) is 0 Å². The van der Waals surface area contributed by atoms with Gasteiger partial charge in [-0.1, -0.05) is 25.0 Å². The van der Waals surface area contributed by atoms with E-state index in [4.69, 9.17) is 4.74 Å². The molecule has 5 heteroatoms. The van der Waals surface area contributed by atoms with Gasteiger partial charge in [0.15, 0.2) is 0 Å². The molecule has 23 heavy (non-hydrogen) atoms. The van der Waals surface area contributed by atoms with Gasteiger partial charge < -0.3 is 14.7 Å². The van der Waals surface area contributed by atoms with Crippen LogP contribution in [0.4, 0.5) is 0 Å². The van der Waals surface area contributed by atoms with Crippen LogP contribution in [0, 0.1) is 5.92 Å². The highest BCUT2D eigenvalue weighted by Crippen LogP contribution is 2.44. The van der Waals surface area contributed by atoms with Gasteiger partial charge >= 0.3 is 5.97 Å². The Bertz CT molecular complexity index is 607. The van der Waals surface area contributed by atoms with Gasteiger partial charge in [-0.25, -0.2) is 0 Å². The van der Waals surface area contributed by atoms with Crippen LogP contribution in [0.2, 0.25) is 0 Å². The van der Waals surface area contributed by atoms with Crippen LogP contribution in [0.1, 0.15) is 37.7 Å². The van der Waals surface area contributed by atoms with E-state index in [0.717, 1.165) is 37.0 Å². The third kappa shape index (κ3) is 2.80. The maximum atomic E-state index is 13.2. The Hall–Kier alpha value is -2.04. The van der Waals surface area contributed by atoms with E-state index in [9.17, 15) is 14.7 Å². The fraction of sp³-hybridized carbons (Fsp3) is 0.556. The fourth-order valence-electron chi connectivity index (χ4n) is 3.97. The maximum absolute atomic E-state index is 13.2. The van der Waals surface area contributed by atoms with Crippen LogP contribution in [-0.2, 0) is 15.0 Å². The lowest BCUT2D eigenvalue weighted by Gasteiger charge is -2.33. The molecular weight excluding hydrogens is 294 g/mol. The number of carbonyl (C=O) groups excluding carboxylic acids is 1. The lowest BCUT2D eigenvalue weighted by atomic mass is 9.77. The van der Waals surface area contributed by atoms with Crippen molar-refractivity contribution >= 4 is 11.9 Å². The first-order valence-corrected chi connectivity index (χ1v) is 8.23. The number of methoxy groups -OCH3 is 1. The van der Waals surface area contributed by atoms with Crippen LogP contribution in [0.5, 0.6) is 5.75 Å². The zero-order chi connectivity index (χ0) is 16.4. The van der Waals surface area contributed by atoms with Crippen molar-refractivity contribution in [2.75, 3.05) is 20.2 Å². The molecule has 1 amide bonds. The Morgan fingerprint density at radius 1 is 1.30 bits per heavy atom. The number of carbonyl (C=O) groups is 2. The zero-order valence-electron chi connectivity index (χ0n) is 13.5. The number of likely N-dealkylation sites (tertiary alicyclic amines) is 1. The predicted octanol–water partition coefficient (Wildman–Crippen LogP) is 2.44. The Labute approximate surface area is 136 Å². The third-order valence-corrected chi connectivity index (χ3v) is 5.31. The van der Waals surface area contributed by atoms with Gasteiger partial charge in [-0.3, -0.25) is 9.59 Å². The highest BCUT2D eigenvalue weighted by Gasteiger charge is 2.47. The Morgan fingerprint density at radius 2 is 2.04 bits per heavy atom. The van der Waals surface area contributed by atoms with Gasteiger partial charge in [0.1, 0.15) is 5.75 Å². The molecule has 1 aliphatic heterocycles. The highest BCUT2D eigenvalue weighted by molar-refractivity contribution is 5.89. The lowest BCUT2D eigenvalue weighted by molar-refractivity contribution is -0.142. The normalized spacial score (nSPS) is 23.0. The number of hydrogen-bond donors (Lipinski definition) is 1. The summed E-state index contributed by atoms with van der Waals surface area (Å²) in [5.41, 5.74) is 0.486. The van der Waals surface area contributed by atoms with Gasteiger partial charge in [-0.15, -0.1) is 0 Å². The highest BCUT2D eigenvalue weighted by atomic mass is 16.5. The number of carboxylic acids is 1. The number of amides is 1. The molecule has 0 unspecified atom stereocenters. The molecule has 1 heterocycles. The molecule has 0 radical (unpaired) electrons. The molecule has 5 nitrogen and oxygen atoms in total. The van der Waals surface area contributed by atoms with Crippen molar-refractivity contribution in [1.82, 2.24) is 4.90 Å². The number of benzene rings is 1. The van der Waals surface area contributed by atoms with E-state index < -0.39 is 17.3 Å². The molecule has 0 aromatic heterocycles. The minimum absolute atomic E-state index is 0.0898. The number of carboxylic acid groups (broad SMARTS) is 1. The average Bonchev–Trinajstić information content (AvgIpc) is 3.24. The molecule has 1 aromatic carbocycles. The van der Waals surface area contributed by atoms with Gasteiger partial charge in [0.2, 0.25) is 5.91 Å². The van der Waals surface area contributed by atoms with E-state index in [-0.39, 0.29) is 5.91 Å². The quantitative estimate of drug-likeness (QED) is 0.926. The van der Waals surface area contributed by atoms with E-state index in [1.807, 2.05) is 24.3 Å². The first-order chi connectivity index (χ1) is 11.1. The van der Waals surface area contributed by atoms with Crippen molar-refractivity contribution in [3.8, 4) is 5.75 Å². The summed E-state index contributed by atoms with van der Waals surface area (Å²) < 4.78 is 5.31. The molecule has 3 rings (SSSR count). The molecule has 1 N–H and O–H groups in total. The standard InChI is InChI=1S/C18H23NO4/c1-23-15-6-4-5-14(11-15)18(8-2-3-9-18)17(22)19-10-7-13(12-19)16(20)21/h4-6,11,13H,2-3,7-10,12H2,1H3,(H,20,21)/t13-/m0/s1. The Morgan fingerprint density at radius 3 is 2.65 bits per heavy atom. The first kappa shape index (κ1) is 15.8. The van der Waals surface area contributed by atoms with Crippen molar-refractivity contribution in [2.45, 2.75) is 37.5 Å². The molecule has 1 atom stereocenters. The van der Waals surface area contributed by atoms with Crippen LogP contribution in [0.25, 0.3) is 0 Å². The number of rotatable bonds is 4. The fourth-order valence-corrected chi connectivity index (χ4v) is 3.97. The van der Waals surface area contributed by atoms with E-state index in [1.54, 1.807) is 12.0 Å². The number of hydrogen-bond acceptors (Lipinski definition) is 3. The second-order valence-corrected chi connectivity index (χ2v) is 6.60. The minimum Gasteiger partial charge on any atom is -0.497 e. The van der Waals surface area contributed by atoms with Crippen molar-refractivity contribution in [3.05, 3.63) is 29.8 Å². The van der Waals surface area contributed by atoms with Crippen molar-refractivity contribution in [1.29, 1.82) is 0 Å². The molecule has 0 spiro atoms. The number of nitrogens with zero attached hydrogens (tertiary/aromatic N) is 1. The SMILES string of the molecule is COc1cccc(C2(C(=O)N3CC[C@H](C(=O)O)C3)CCCC2)c1. The van der Waals surface area contributed by atoms with Gasteiger partial charge in [0, 0.05) is 13.1 Å². The topological polar surface area (TPSA) is 66.8 Å². The van der Waals surface area contributed by atoms with Crippen LogP contribution in [0.15, 0.2) is 24.3 Å². The monoisotopic (exact) mass is 317 g/mol. The summed E-state index contributed by atoms with van der Waals surface area (Å²) in [6.07, 6.45) is 4.26. The summed E-state index contributed by atoms with van der Waals surface area (Å²) in [4.78, 5) is 26.2. The average molecular weight is 317 g/mol. The van der Waals surface area contributed by atoms with Gasteiger partial charge in [0.05, 0.1) is 18.4 Å². The molecule has 2 aliphatic rings. The molecule has 1 aromatic rings. The minimum atomic E-state index is -0.804. The molecular formula is C18H23NO4. The summed E-state index contributed by atoms with van der Waals surface area (Å²) in [7, 11) is 1.63. The summed E-state index contributed by atoms with van der Waals surface area (Å²) >= 11 is 0. The van der Waals surface area contributed by atoms with E-state index in [2.05, 4.69) is 0 Å². The van der Waals surface area contributed by atoms with E-state index >= 15 is 0 Å². The number of aliphatic carboxylic acids is 1. The lowest BCUT2D eigenvalue weighted by Crippen LogP contribution is -2.44. The summed E-state index contributed by atoms with van der Waals surface area (Å²) in [6.45, 7) is 0.876. The molecule has 1 aliphatic carbocycles. The summed E-state index contributed by atoms with van der Waals surface area (Å²) in [5.74, 6) is -0.386. The third-order valence-electron chi connectivity index (χ3n) is 5.31. The smallest absolute Gasteiger partial charge is 0.308 e. The largest absolute Gasteiger partial charge is 0.497 e. The second-order valence-electron chi connectivity index (χ2n) is 6.60. The van der Waals surface area contributed by atoms with Crippen molar-refractivity contribution in [3.63, 3.8) is 0 Å². The summed E-state index contributed by atoms with van der Waals surface area (Å²) in [5, 5.41) is 9.17. The Balaban J connectivity index is 1.89. The van der Waals surface area contributed by atoms with Gasteiger partial charge in [-0.05, 0) is 37.0 Å². The second kappa shape index (κ2) is 6.22. The van der Waals surface area contributed by atoms with Crippen molar-refractivity contribution < 1.29 is 19.4 Å². The maximum Gasteiger partial charge on any atom is 0.308 e. The van der Waals surface area contributed by atoms with Crippen LogP contribution < -0.4 is 4.74 Å². The molecule has 2 fully saturated rings. The Kier molecular flexibility index (Phi) is 4.28. The molecule has 1 saturated heterocycles.